The second-order valence-electron chi connectivity index (χ2n) is 6.84. The van der Waals surface area contributed by atoms with E-state index in [1.54, 1.807) is 19.2 Å². The summed E-state index contributed by atoms with van der Waals surface area (Å²) >= 11 is 0. The highest BCUT2D eigenvalue weighted by molar-refractivity contribution is 5.94. The van der Waals surface area contributed by atoms with Crippen LogP contribution >= 0.6 is 0 Å². The lowest BCUT2D eigenvalue weighted by Gasteiger charge is -2.22. The number of benzene rings is 1. The van der Waals surface area contributed by atoms with E-state index in [4.69, 9.17) is 14.2 Å². The van der Waals surface area contributed by atoms with Gasteiger partial charge in [0.2, 0.25) is 0 Å². The van der Waals surface area contributed by atoms with Gasteiger partial charge in [-0.25, -0.2) is 0 Å². The highest BCUT2D eigenvalue weighted by atomic mass is 16.5. The minimum atomic E-state index is -0.0881. The van der Waals surface area contributed by atoms with Gasteiger partial charge in [0.1, 0.15) is 5.75 Å². The van der Waals surface area contributed by atoms with Crippen molar-refractivity contribution in [1.82, 2.24) is 5.32 Å². The number of hydrogen-bond acceptors (Lipinski definition) is 4. The lowest BCUT2D eigenvalue weighted by molar-refractivity contribution is 0.0628. The molecule has 0 saturated carbocycles. The molecule has 27 heavy (non-hydrogen) atoms. The summed E-state index contributed by atoms with van der Waals surface area (Å²) in [7, 11) is 1.67. The minimum Gasteiger partial charge on any atom is -0.494 e. The normalized spacial score (nSPS) is 13.2. The van der Waals surface area contributed by atoms with Crippen LogP contribution in [0.25, 0.3) is 0 Å². The summed E-state index contributed by atoms with van der Waals surface area (Å²) in [4.78, 5) is 12.3. The maximum atomic E-state index is 12.3. The smallest absolute Gasteiger partial charge is 0.251 e. The van der Waals surface area contributed by atoms with Crippen LogP contribution in [-0.4, -0.2) is 45.0 Å². The van der Waals surface area contributed by atoms with Crippen LogP contribution < -0.4 is 10.1 Å². The lowest BCUT2D eigenvalue weighted by atomic mass is 10.1. The SMILES string of the molecule is CCCOCCCCCCOc1ccc(C(=O)NC(C)C(CC)OC)cc1. The molecular weight excluding hydrogens is 342 g/mol. The van der Waals surface area contributed by atoms with Gasteiger partial charge in [-0.1, -0.05) is 20.3 Å². The Bertz CT molecular complexity index is 500. The predicted molar refractivity (Wildman–Crippen MR) is 110 cm³/mol. The van der Waals surface area contributed by atoms with Crippen molar-refractivity contribution < 1.29 is 19.0 Å². The molecule has 0 aliphatic carbocycles. The second kappa shape index (κ2) is 14.5. The third-order valence-corrected chi connectivity index (χ3v) is 4.54. The average Bonchev–Trinajstić information content (AvgIpc) is 2.68. The van der Waals surface area contributed by atoms with Crippen molar-refractivity contribution in [1.29, 1.82) is 0 Å². The van der Waals surface area contributed by atoms with E-state index >= 15 is 0 Å². The highest BCUT2D eigenvalue weighted by Crippen LogP contribution is 2.14. The summed E-state index contributed by atoms with van der Waals surface area (Å²) in [5.41, 5.74) is 0.632. The Morgan fingerprint density at radius 3 is 2.26 bits per heavy atom. The Balaban J connectivity index is 2.24. The van der Waals surface area contributed by atoms with Gasteiger partial charge in [0.05, 0.1) is 18.8 Å². The number of carbonyl (C=O) groups excluding carboxylic acids is 1. The van der Waals surface area contributed by atoms with E-state index in [-0.39, 0.29) is 18.1 Å². The zero-order chi connectivity index (χ0) is 19.9. The summed E-state index contributed by atoms with van der Waals surface area (Å²) in [5.74, 6) is 0.712. The number of amides is 1. The fourth-order valence-corrected chi connectivity index (χ4v) is 2.91. The number of ether oxygens (including phenoxy) is 3. The van der Waals surface area contributed by atoms with E-state index in [9.17, 15) is 4.79 Å². The van der Waals surface area contributed by atoms with Gasteiger partial charge in [-0.2, -0.15) is 0 Å². The van der Waals surface area contributed by atoms with E-state index in [0.717, 1.165) is 51.1 Å². The minimum absolute atomic E-state index is 0.0229. The first-order chi connectivity index (χ1) is 13.1. The molecule has 0 radical (unpaired) electrons. The second-order valence-corrected chi connectivity index (χ2v) is 6.84. The van der Waals surface area contributed by atoms with E-state index in [1.165, 1.54) is 6.42 Å². The van der Waals surface area contributed by atoms with Crippen LogP contribution in [0.15, 0.2) is 24.3 Å². The van der Waals surface area contributed by atoms with E-state index in [1.807, 2.05) is 26.0 Å². The fraction of sp³-hybridized carbons (Fsp3) is 0.682. The van der Waals surface area contributed by atoms with Gasteiger partial charge in [0.15, 0.2) is 0 Å². The van der Waals surface area contributed by atoms with Gasteiger partial charge >= 0.3 is 0 Å². The summed E-state index contributed by atoms with van der Waals surface area (Å²) in [6.45, 7) is 8.55. The van der Waals surface area contributed by atoms with Gasteiger partial charge in [0.25, 0.3) is 5.91 Å². The van der Waals surface area contributed by atoms with Gasteiger partial charge in [-0.05, 0) is 63.3 Å². The van der Waals surface area contributed by atoms with Crippen LogP contribution in [0, 0.1) is 0 Å². The van der Waals surface area contributed by atoms with Crippen LogP contribution in [0.3, 0.4) is 0 Å². The van der Waals surface area contributed by atoms with Crippen molar-refractivity contribution >= 4 is 5.91 Å². The standard InChI is InChI=1S/C22H37NO4/c1-5-15-26-16-9-7-8-10-17-27-20-13-11-19(12-14-20)22(24)23-18(3)21(6-2)25-4/h11-14,18,21H,5-10,15-17H2,1-4H3,(H,23,24). The molecule has 0 aliphatic rings. The first-order valence-electron chi connectivity index (χ1n) is 10.3. The molecule has 2 atom stereocenters. The van der Waals surface area contributed by atoms with Crippen molar-refractivity contribution in [3.8, 4) is 5.75 Å². The number of unbranched alkanes of at least 4 members (excludes halogenated alkanes) is 3. The average molecular weight is 380 g/mol. The van der Waals surface area contributed by atoms with E-state index in [0.29, 0.717) is 12.2 Å². The summed E-state index contributed by atoms with van der Waals surface area (Å²) < 4.78 is 16.6. The Labute approximate surface area is 164 Å². The number of nitrogens with one attached hydrogen (secondary N) is 1. The van der Waals surface area contributed by atoms with Crippen molar-refractivity contribution in [3.63, 3.8) is 0 Å². The third-order valence-electron chi connectivity index (χ3n) is 4.54. The molecule has 0 aliphatic heterocycles. The Kier molecular flexibility index (Phi) is 12.6. The third kappa shape index (κ3) is 9.78. The molecule has 0 aromatic heterocycles. The fourth-order valence-electron chi connectivity index (χ4n) is 2.91. The Morgan fingerprint density at radius 1 is 1.00 bits per heavy atom. The molecule has 154 valence electrons. The Morgan fingerprint density at radius 2 is 1.67 bits per heavy atom. The molecule has 0 saturated heterocycles. The largest absolute Gasteiger partial charge is 0.494 e. The molecule has 5 nitrogen and oxygen atoms in total. The van der Waals surface area contributed by atoms with Crippen molar-refractivity contribution in [3.05, 3.63) is 29.8 Å². The summed E-state index contributed by atoms with van der Waals surface area (Å²) in [6.07, 6.45) is 6.43. The first-order valence-corrected chi connectivity index (χ1v) is 10.3. The topological polar surface area (TPSA) is 56.8 Å². The van der Waals surface area contributed by atoms with E-state index < -0.39 is 0 Å². The monoisotopic (exact) mass is 379 g/mol. The summed E-state index contributed by atoms with van der Waals surface area (Å²) in [6, 6.07) is 7.28. The van der Waals surface area contributed by atoms with Crippen molar-refractivity contribution in [2.24, 2.45) is 0 Å². The van der Waals surface area contributed by atoms with Gasteiger partial charge in [-0.3, -0.25) is 4.79 Å². The van der Waals surface area contributed by atoms with Crippen LogP contribution in [-0.2, 0) is 9.47 Å². The van der Waals surface area contributed by atoms with Crippen molar-refractivity contribution in [2.45, 2.75) is 71.4 Å². The molecule has 1 rings (SSSR count). The molecule has 2 unspecified atom stereocenters. The lowest BCUT2D eigenvalue weighted by Crippen LogP contribution is -2.41. The maximum absolute atomic E-state index is 12.3. The van der Waals surface area contributed by atoms with Crippen molar-refractivity contribution in [2.75, 3.05) is 26.9 Å². The van der Waals surface area contributed by atoms with Gasteiger partial charge in [0, 0.05) is 25.9 Å². The van der Waals surface area contributed by atoms with Crippen LogP contribution in [0.4, 0.5) is 0 Å². The summed E-state index contributed by atoms with van der Waals surface area (Å²) in [5, 5.41) is 2.99. The first kappa shape index (κ1) is 23.4. The molecule has 1 aromatic carbocycles. The van der Waals surface area contributed by atoms with Gasteiger partial charge < -0.3 is 19.5 Å². The molecular formula is C22H37NO4. The molecule has 0 spiro atoms. The van der Waals surface area contributed by atoms with Crippen LogP contribution in [0.5, 0.6) is 5.75 Å². The van der Waals surface area contributed by atoms with Gasteiger partial charge in [-0.15, -0.1) is 0 Å². The molecule has 0 bridgehead atoms. The molecule has 0 heterocycles. The Hall–Kier alpha value is -1.59. The number of carbonyl (C=O) groups is 1. The predicted octanol–water partition coefficient (Wildman–Crippen LogP) is 4.60. The van der Waals surface area contributed by atoms with E-state index in [2.05, 4.69) is 12.2 Å². The zero-order valence-electron chi connectivity index (χ0n) is 17.5. The highest BCUT2D eigenvalue weighted by Gasteiger charge is 2.17. The number of rotatable bonds is 15. The molecule has 1 amide bonds. The maximum Gasteiger partial charge on any atom is 0.251 e. The van der Waals surface area contributed by atoms with Crippen LogP contribution in [0.2, 0.25) is 0 Å². The molecule has 5 heteroatoms. The van der Waals surface area contributed by atoms with Crippen LogP contribution in [0.1, 0.15) is 69.7 Å². The zero-order valence-corrected chi connectivity index (χ0v) is 17.5. The molecule has 1 N–H and O–H groups in total. The number of hydrogen-bond donors (Lipinski definition) is 1. The quantitative estimate of drug-likeness (QED) is 0.453. The number of methoxy groups -OCH3 is 1. The molecule has 1 aromatic rings. The molecule has 0 fully saturated rings.